The van der Waals surface area contributed by atoms with Crippen molar-refractivity contribution in [3.05, 3.63) is 70.9 Å². The van der Waals surface area contributed by atoms with E-state index in [1.54, 1.807) is 6.07 Å². The van der Waals surface area contributed by atoms with E-state index in [1.807, 2.05) is 36.4 Å². The van der Waals surface area contributed by atoms with E-state index < -0.39 is 0 Å². The second-order valence-corrected chi connectivity index (χ2v) is 10.8. The predicted molar refractivity (Wildman–Crippen MR) is 154 cm³/mol. The van der Waals surface area contributed by atoms with Crippen molar-refractivity contribution in [3.63, 3.8) is 0 Å². The third-order valence-electron chi connectivity index (χ3n) is 7.06. The molecule has 7 heteroatoms. The Labute approximate surface area is 231 Å². The van der Waals surface area contributed by atoms with Crippen LogP contribution >= 0.6 is 11.6 Å². The zero-order chi connectivity index (χ0) is 27.1. The van der Waals surface area contributed by atoms with Gasteiger partial charge in [-0.25, -0.2) is 4.98 Å². The number of carbonyl (C=O) groups excluding carboxylic acids is 1. The van der Waals surface area contributed by atoms with E-state index in [1.165, 1.54) is 0 Å². The summed E-state index contributed by atoms with van der Waals surface area (Å²) in [5.74, 6) is 0.414. The van der Waals surface area contributed by atoms with Gasteiger partial charge in [-0.05, 0) is 101 Å². The molecule has 4 rings (SSSR count). The summed E-state index contributed by atoms with van der Waals surface area (Å²) in [6, 6.07) is 17.6. The molecule has 1 amide bonds. The number of hydrogen-bond acceptors (Lipinski definition) is 5. The number of carbonyl (C=O) groups is 1. The summed E-state index contributed by atoms with van der Waals surface area (Å²) >= 11 is 6.49. The van der Waals surface area contributed by atoms with Crippen LogP contribution in [-0.2, 0) is 0 Å². The molecule has 0 unspecified atom stereocenters. The first-order valence-corrected chi connectivity index (χ1v) is 13.8. The van der Waals surface area contributed by atoms with Crippen molar-refractivity contribution >= 4 is 17.5 Å². The molecule has 0 radical (unpaired) electrons. The molecule has 0 spiro atoms. The monoisotopic (exact) mass is 535 g/mol. The largest absolute Gasteiger partial charge is 0.492 e. The summed E-state index contributed by atoms with van der Waals surface area (Å²) in [5.41, 5.74) is 5.04. The van der Waals surface area contributed by atoms with Crippen LogP contribution in [0.5, 0.6) is 5.75 Å². The highest BCUT2D eigenvalue weighted by molar-refractivity contribution is 6.32. The minimum atomic E-state index is -0.268. The Morgan fingerprint density at radius 2 is 1.82 bits per heavy atom. The van der Waals surface area contributed by atoms with Crippen LogP contribution in [0, 0.1) is 6.92 Å². The maximum Gasteiger partial charge on any atom is 0.270 e. The van der Waals surface area contributed by atoms with Crippen molar-refractivity contribution in [1.82, 2.24) is 15.2 Å². The fourth-order valence-corrected chi connectivity index (χ4v) is 5.02. The number of halogens is 1. The van der Waals surface area contributed by atoms with E-state index in [2.05, 4.69) is 43.4 Å². The van der Waals surface area contributed by atoms with Gasteiger partial charge in [-0.2, -0.15) is 0 Å². The first-order chi connectivity index (χ1) is 18.3. The van der Waals surface area contributed by atoms with E-state index in [4.69, 9.17) is 21.3 Å². The van der Waals surface area contributed by atoms with E-state index >= 15 is 0 Å². The standard InChI is InChI=1S/C31H38ClN3O3/c1-21-8-4-5-9-25(21)26-15-17-28(31(37)33-23-11-13-24(36)14-12-23)34-30(26)22-10-16-27(32)29(20-22)38-19-7-6-18-35(2)3/h4-5,8-10,15-17,20,23-24,36H,6-7,11-14,18-19H2,1-3H3,(H,33,37). The Kier molecular flexibility index (Phi) is 9.78. The summed E-state index contributed by atoms with van der Waals surface area (Å²) in [6.45, 7) is 3.66. The molecule has 0 saturated heterocycles. The van der Waals surface area contributed by atoms with Crippen molar-refractivity contribution in [3.8, 4) is 28.1 Å². The Hall–Kier alpha value is -2.93. The fourth-order valence-electron chi connectivity index (χ4n) is 4.85. The first kappa shape index (κ1) is 28.1. The van der Waals surface area contributed by atoms with Gasteiger partial charge in [-0.3, -0.25) is 4.79 Å². The average molecular weight is 536 g/mol. The smallest absolute Gasteiger partial charge is 0.270 e. The molecule has 2 aromatic carbocycles. The molecule has 202 valence electrons. The van der Waals surface area contributed by atoms with Gasteiger partial charge < -0.3 is 20.1 Å². The van der Waals surface area contributed by atoms with E-state index in [9.17, 15) is 9.90 Å². The first-order valence-electron chi connectivity index (χ1n) is 13.4. The van der Waals surface area contributed by atoms with Crippen molar-refractivity contribution < 1.29 is 14.6 Å². The Bertz CT molecular complexity index is 1240. The average Bonchev–Trinajstić information content (AvgIpc) is 2.90. The summed E-state index contributed by atoms with van der Waals surface area (Å²) in [4.78, 5) is 20.2. The number of unbranched alkanes of at least 4 members (excludes halogenated alkanes) is 1. The molecule has 1 aliphatic rings. The van der Waals surface area contributed by atoms with E-state index in [0.717, 1.165) is 54.5 Å². The lowest BCUT2D eigenvalue weighted by Gasteiger charge is -2.26. The molecule has 1 fully saturated rings. The number of hydrogen-bond donors (Lipinski definition) is 2. The number of aliphatic hydroxyl groups excluding tert-OH is 1. The molecular weight excluding hydrogens is 498 g/mol. The molecule has 1 heterocycles. The number of rotatable bonds is 10. The Morgan fingerprint density at radius 3 is 2.55 bits per heavy atom. The van der Waals surface area contributed by atoms with Crippen LogP contribution in [0.2, 0.25) is 5.02 Å². The van der Waals surface area contributed by atoms with Gasteiger partial charge in [0.25, 0.3) is 5.91 Å². The second kappa shape index (κ2) is 13.2. The second-order valence-electron chi connectivity index (χ2n) is 10.4. The minimum Gasteiger partial charge on any atom is -0.492 e. The molecule has 0 aliphatic heterocycles. The van der Waals surface area contributed by atoms with Gasteiger partial charge in [0.2, 0.25) is 0 Å². The number of aliphatic hydroxyl groups is 1. The van der Waals surface area contributed by atoms with Crippen molar-refractivity contribution in [2.75, 3.05) is 27.2 Å². The molecule has 38 heavy (non-hydrogen) atoms. The number of benzene rings is 2. The van der Waals surface area contributed by atoms with E-state index in [-0.39, 0.29) is 18.1 Å². The van der Waals surface area contributed by atoms with Crippen molar-refractivity contribution in [1.29, 1.82) is 0 Å². The van der Waals surface area contributed by atoms with Crippen molar-refractivity contribution in [2.45, 2.75) is 57.6 Å². The highest BCUT2D eigenvalue weighted by Gasteiger charge is 2.23. The zero-order valence-corrected chi connectivity index (χ0v) is 23.3. The summed E-state index contributed by atoms with van der Waals surface area (Å²) in [5, 5.41) is 13.5. The Balaban J connectivity index is 1.63. The number of pyridine rings is 1. The molecule has 0 bridgehead atoms. The lowest BCUT2D eigenvalue weighted by atomic mass is 9.93. The third-order valence-corrected chi connectivity index (χ3v) is 7.37. The van der Waals surface area contributed by atoms with Gasteiger partial charge in [-0.1, -0.05) is 41.9 Å². The highest BCUT2D eigenvalue weighted by atomic mass is 35.5. The third kappa shape index (κ3) is 7.34. The number of nitrogens with one attached hydrogen (secondary N) is 1. The van der Waals surface area contributed by atoms with Crippen LogP contribution in [-0.4, -0.2) is 60.3 Å². The van der Waals surface area contributed by atoms with Gasteiger partial charge in [-0.15, -0.1) is 0 Å². The predicted octanol–water partition coefficient (Wildman–Crippen LogP) is 6.13. The maximum atomic E-state index is 13.2. The van der Waals surface area contributed by atoms with Crippen LogP contribution in [0.15, 0.2) is 54.6 Å². The quantitative estimate of drug-likeness (QED) is 0.305. The molecule has 3 aromatic rings. The summed E-state index contributed by atoms with van der Waals surface area (Å²) in [6.07, 6.45) is 4.66. The van der Waals surface area contributed by atoms with Crippen LogP contribution < -0.4 is 10.1 Å². The molecule has 1 aromatic heterocycles. The van der Waals surface area contributed by atoms with Crippen LogP contribution in [0.3, 0.4) is 0 Å². The SMILES string of the molecule is Cc1ccccc1-c1ccc(C(=O)NC2CCC(O)CC2)nc1-c1ccc(Cl)c(OCCCCN(C)C)c1. The molecule has 2 N–H and O–H groups in total. The van der Waals surface area contributed by atoms with E-state index in [0.29, 0.717) is 41.6 Å². The zero-order valence-electron chi connectivity index (χ0n) is 22.5. The summed E-state index contributed by atoms with van der Waals surface area (Å²) in [7, 11) is 4.13. The molecular formula is C31H38ClN3O3. The lowest BCUT2D eigenvalue weighted by Crippen LogP contribution is -2.38. The topological polar surface area (TPSA) is 74.7 Å². The normalized spacial score (nSPS) is 17.4. The van der Waals surface area contributed by atoms with Gasteiger partial charge >= 0.3 is 0 Å². The number of ether oxygens (including phenoxy) is 1. The van der Waals surface area contributed by atoms with Crippen molar-refractivity contribution in [2.24, 2.45) is 0 Å². The molecule has 1 aliphatic carbocycles. The van der Waals surface area contributed by atoms with Crippen LogP contribution in [0.25, 0.3) is 22.4 Å². The van der Waals surface area contributed by atoms with Gasteiger partial charge in [0.15, 0.2) is 0 Å². The summed E-state index contributed by atoms with van der Waals surface area (Å²) < 4.78 is 6.06. The molecule has 0 atom stereocenters. The van der Waals surface area contributed by atoms with Gasteiger partial charge in [0.05, 0.1) is 23.4 Å². The van der Waals surface area contributed by atoms with Gasteiger partial charge in [0, 0.05) is 17.2 Å². The van der Waals surface area contributed by atoms with Crippen LogP contribution in [0.1, 0.15) is 54.6 Å². The van der Waals surface area contributed by atoms with Crippen LogP contribution in [0.4, 0.5) is 0 Å². The lowest BCUT2D eigenvalue weighted by molar-refractivity contribution is 0.0863. The Morgan fingerprint density at radius 1 is 1.05 bits per heavy atom. The van der Waals surface area contributed by atoms with Gasteiger partial charge in [0.1, 0.15) is 11.4 Å². The molecule has 6 nitrogen and oxygen atoms in total. The highest BCUT2D eigenvalue weighted by Crippen LogP contribution is 2.36. The maximum absolute atomic E-state index is 13.2. The number of aryl methyl sites for hydroxylation is 1. The number of amides is 1. The molecule has 1 saturated carbocycles. The number of nitrogens with zero attached hydrogens (tertiary/aromatic N) is 2. The number of aromatic nitrogens is 1. The fraction of sp³-hybridized carbons (Fsp3) is 0.419. The minimum absolute atomic E-state index is 0.0511.